The first-order valence-electron chi connectivity index (χ1n) is 45.9. The second-order valence-electron chi connectivity index (χ2n) is 34.6. The molecule has 12 atom stereocenters. The van der Waals surface area contributed by atoms with E-state index in [9.17, 15) is 62.3 Å². The first kappa shape index (κ1) is 103. The largest absolute Gasteiger partial charge is 0.497 e. The number of imide groups is 1. The number of amides is 16. The zero-order chi connectivity index (χ0) is 99.1. The van der Waals surface area contributed by atoms with Crippen molar-refractivity contribution in [1.82, 2.24) is 51.9 Å². The SMILES string of the molecule is COCCOCCC(=O)NCCCC[C@H](NC(=O)[C@H](C)NC(=O)CCN1C(=O)CC(S)C1=O)C(=O)Nc1ccc(C2C[C@H]3C(C)N4C(=O)OCc5ccc(cc5)NC(=O)[C@H](C)NC(=O)[C@H](C)NC(=O)CCC(=O)N[C@@H](C)C(=O)N[C@@H](C)C(=O)Nc5ccc(cc5)COC(=O)N5C[C@@H]6CC(c7ccc(OC)cc7)CN6C(=O)c6cc(OC)c(cc65)OCCCOc5cc4c(cc5OC)C(=O)N3C2)cc1. The molecule has 738 valence electrons. The van der Waals surface area contributed by atoms with Crippen molar-refractivity contribution < 1.29 is 119 Å². The topological polar surface area (TPSA) is 493 Å². The Morgan fingerprint density at radius 3 is 1.63 bits per heavy atom. The van der Waals surface area contributed by atoms with Crippen LogP contribution in [0.25, 0.3) is 0 Å². The van der Waals surface area contributed by atoms with Crippen LogP contribution >= 0.6 is 12.6 Å². The number of nitrogens with zero attached hydrogens (tertiary/aromatic N) is 5. The summed E-state index contributed by atoms with van der Waals surface area (Å²) < 4.78 is 52.9. The Morgan fingerprint density at radius 1 is 0.536 bits per heavy atom. The molecule has 0 aromatic heterocycles. The van der Waals surface area contributed by atoms with Gasteiger partial charge in [-0.05, 0) is 157 Å². The van der Waals surface area contributed by atoms with Crippen molar-refractivity contribution in [3.05, 3.63) is 155 Å². The van der Waals surface area contributed by atoms with E-state index in [2.05, 4.69) is 65.8 Å². The van der Waals surface area contributed by atoms with Crippen molar-refractivity contribution in [3.8, 4) is 28.7 Å². The van der Waals surface area contributed by atoms with Gasteiger partial charge in [0.05, 0.1) is 100 Å². The molecule has 0 radical (unpaired) electrons. The molecule has 41 heteroatoms. The number of ether oxygens (including phenoxy) is 9. The maximum Gasteiger partial charge on any atom is 0.414 e. The Morgan fingerprint density at radius 2 is 1.07 bits per heavy atom. The third-order valence-electron chi connectivity index (χ3n) is 24.8. The molecule has 0 spiro atoms. The van der Waals surface area contributed by atoms with Crippen LogP contribution in [0.3, 0.4) is 0 Å². The lowest BCUT2D eigenvalue weighted by Gasteiger charge is -2.33. The summed E-state index contributed by atoms with van der Waals surface area (Å²) in [7, 11) is 5.93. The number of unbranched alkanes of at least 4 members (excludes halogenated alkanes) is 1. The van der Waals surface area contributed by atoms with Crippen molar-refractivity contribution >= 4 is 136 Å². The van der Waals surface area contributed by atoms with E-state index >= 15 is 14.4 Å². The van der Waals surface area contributed by atoms with Crippen molar-refractivity contribution in [2.24, 2.45) is 0 Å². The average Bonchev–Trinajstić information content (AvgIpc) is 1.59. The number of fused-ring (bicyclic) bond motifs is 2. The van der Waals surface area contributed by atoms with Gasteiger partial charge >= 0.3 is 12.2 Å². The predicted octanol–water partition coefficient (Wildman–Crippen LogP) is 6.66. The number of hydrogen-bond donors (Lipinski definition) is 11. The monoisotopic (exact) mass is 1930 g/mol. The number of rotatable bonds is 24. The van der Waals surface area contributed by atoms with Gasteiger partial charge in [-0.1, -0.05) is 48.5 Å². The van der Waals surface area contributed by atoms with E-state index in [1.165, 1.54) is 76.8 Å². The normalized spacial score (nSPS) is 22.2. The maximum absolute atomic E-state index is 15.5. The summed E-state index contributed by atoms with van der Waals surface area (Å²) in [5, 5.41) is 25.9. The van der Waals surface area contributed by atoms with Crippen LogP contribution in [0.5, 0.6) is 28.7 Å². The minimum atomic E-state index is -1.16. The number of anilines is 5. The second-order valence-corrected chi connectivity index (χ2v) is 35.2. The summed E-state index contributed by atoms with van der Waals surface area (Å²) in [5.74, 6) is -7.17. The van der Waals surface area contributed by atoms with Gasteiger partial charge in [-0.25, -0.2) is 9.59 Å². The molecule has 15 rings (SSSR count). The van der Waals surface area contributed by atoms with Gasteiger partial charge in [0.15, 0.2) is 23.0 Å². The van der Waals surface area contributed by atoms with Crippen LogP contribution in [0.4, 0.5) is 38.0 Å². The van der Waals surface area contributed by atoms with E-state index in [0.29, 0.717) is 79.4 Å². The van der Waals surface area contributed by atoms with Crippen molar-refractivity contribution in [2.75, 3.05) is 120 Å². The number of hydrogen-bond acceptors (Lipinski definition) is 26. The second kappa shape index (κ2) is 48.1. The molecule has 0 aliphatic carbocycles. The number of thiol groups is 1. The molecule has 138 heavy (non-hydrogen) atoms. The molecule has 4 unspecified atom stereocenters. The molecule has 10 N–H and O–H groups in total. The van der Waals surface area contributed by atoms with E-state index < -0.39 is 143 Å². The molecule has 9 aliphatic heterocycles. The third kappa shape index (κ3) is 26.6. The number of nitrogens with one attached hydrogen (secondary N) is 10. The number of carbonyl (C=O) groups excluding carboxylic acids is 16. The van der Waals surface area contributed by atoms with Gasteiger partial charge in [-0.15, -0.1) is 0 Å². The van der Waals surface area contributed by atoms with Crippen LogP contribution < -0.4 is 86.7 Å². The lowest BCUT2D eigenvalue weighted by atomic mass is 9.93. The van der Waals surface area contributed by atoms with E-state index in [1.54, 1.807) is 110 Å². The molecule has 16 amide bonds. The molecule has 9 aliphatic rings. The number of likely N-dealkylation sites (tertiary alicyclic amines) is 1. The Bertz CT molecular complexity index is 5480. The summed E-state index contributed by atoms with van der Waals surface area (Å²) in [5.41, 5.74) is 4.23. The molecule has 6 aromatic carbocycles. The molecule has 9 heterocycles. The first-order valence-corrected chi connectivity index (χ1v) is 46.4. The van der Waals surface area contributed by atoms with Gasteiger partial charge < -0.3 is 106 Å². The molecule has 8 bridgehead atoms. The highest BCUT2D eigenvalue weighted by Crippen LogP contribution is 2.47. The summed E-state index contributed by atoms with van der Waals surface area (Å²) in [6.45, 7) is 9.70. The van der Waals surface area contributed by atoms with E-state index in [0.717, 1.165) is 16.0 Å². The van der Waals surface area contributed by atoms with Crippen LogP contribution in [-0.2, 0) is 89.7 Å². The van der Waals surface area contributed by atoms with Gasteiger partial charge in [0.1, 0.15) is 55.2 Å². The summed E-state index contributed by atoms with van der Waals surface area (Å²) in [4.78, 5) is 226. The highest BCUT2D eigenvalue weighted by atomic mass is 32.1. The van der Waals surface area contributed by atoms with Gasteiger partial charge in [0, 0.05) is 119 Å². The Labute approximate surface area is 803 Å². The minimum absolute atomic E-state index is 0.0215. The Kier molecular flexibility index (Phi) is 35.8. The van der Waals surface area contributed by atoms with Crippen molar-refractivity contribution in [1.29, 1.82) is 0 Å². The lowest BCUT2D eigenvalue weighted by Crippen LogP contribution is -2.51. The fourth-order valence-electron chi connectivity index (χ4n) is 17.0. The van der Waals surface area contributed by atoms with Gasteiger partial charge in [-0.3, -0.25) is 81.8 Å². The van der Waals surface area contributed by atoms with Crippen LogP contribution in [0.15, 0.2) is 121 Å². The van der Waals surface area contributed by atoms with Crippen LogP contribution in [0, 0.1) is 0 Å². The third-order valence-corrected chi connectivity index (χ3v) is 25.2. The average molecular weight is 1930 g/mol. The van der Waals surface area contributed by atoms with Crippen LogP contribution in [-0.4, -0.2) is 263 Å². The van der Waals surface area contributed by atoms with Gasteiger partial charge in [-0.2, -0.15) is 12.6 Å². The fraction of sp³-hybridized carbons (Fsp3) is 0.464. The number of benzene rings is 6. The summed E-state index contributed by atoms with van der Waals surface area (Å²) in [6, 6.07) is 24.6. The van der Waals surface area contributed by atoms with Gasteiger partial charge in [0.25, 0.3) is 11.8 Å². The van der Waals surface area contributed by atoms with Crippen LogP contribution in [0.1, 0.15) is 167 Å². The Hall–Kier alpha value is -14.1. The van der Waals surface area contributed by atoms with E-state index in [1.807, 2.05) is 24.3 Å². The van der Waals surface area contributed by atoms with Crippen LogP contribution in [0.2, 0.25) is 0 Å². The highest BCUT2D eigenvalue weighted by molar-refractivity contribution is 7.81. The number of methoxy groups -OCH3 is 4. The lowest BCUT2D eigenvalue weighted by molar-refractivity contribution is -0.139. The molecular weight excluding hydrogens is 1810 g/mol. The smallest absolute Gasteiger partial charge is 0.414 e. The Balaban J connectivity index is 0.779. The quantitative estimate of drug-likeness (QED) is 0.0171. The zero-order valence-electron chi connectivity index (χ0n) is 78.6. The van der Waals surface area contributed by atoms with E-state index in [4.69, 9.17) is 42.6 Å². The summed E-state index contributed by atoms with van der Waals surface area (Å²) in [6.07, 6.45) is -0.792. The molecule has 6 aromatic rings. The fourth-order valence-corrected chi connectivity index (χ4v) is 17.3. The molecule has 40 nitrogen and oxygen atoms in total. The number of carbonyl (C=O) groups is 16. The predicted molar refractivity (Wildman–Crippen MR) is 506 cm³/mol. The summed E-state index contributed by atoms with van der Waals surface area (Å²) >= 11 is 4.14. The molecular formula is C97H119N15O25S. The molecule has 3 saturated heterocycles. The minimum Gasteiger partial charge on any atom is -0.497 e. The molecule has 0 saturated carbocycles. The van der Waals surface area contributed by atoms with Crippen molar-refractivity contribution in [2.45, 2.75) is 197 Å². The van der Waals surface area contributed by atoms with Crippen molar-refractivity contribution in [3.63, 3.8) is 0 Å². The van der Waals surface area contributed by atoms with E-state index in [-0.39, 0.29) is 173 Å². The maximum atomic E-state index is 15.5. The van der Waals surface area contributed by atoms with Gasteiger partial charge in [0.2, 0.25) is 70.9 Å². The highest BCUT2D eigenvalue weighted by Gasteiger charge is 2.49. The molecule has 3 fully saturated rings. The zero-order valence-corrected chi connectivity index (χ0v) is 79.5. The standard InChI is InChI=1S/C97H119N15O25S/c1-54-87(118)102-57(4)89(120)104-66-23-15-60(16-24-66)52-136-96(127)111-51-69-42-64(63-21-29-70(130-8)30-22-63)49-109(69)93(124)71-44-77(131-9)79(46-75(71)111)134-37-13-38-135-80-47-76-72(45-78(80)132-10)94(125)110-50-65(43-74(110)59(6)112(76)97(128)137-53-61-17-25-67(26-18-61)105-90(121)58(5)103-88(119)55(2)100-84(115)32-31-83(114)99-54)62-19-27-68(28-20-62)106-92(123)73(14-11-12-35-98-82(113)34-39-133-41-40-129-7)107-91(122)56(3)101-85(116)33-36-108-86(117)48-81(138)95(108)126/h15-30,44-47,54-59,64-65,69,73-74,81,138H,11-14,31-43,48-53H2,1-10H3,(H,98,113)(H,99,114)(H,100,115)(H,101,116)(H,102,118)(H,103,119)(H,104,120)(H,105,121)(H,106,123)(H,107,122)/t54-,55-,56-,57-,58-,59?,64?,65?,69-,73-,74-,81?/m0/s1. The first-order chi connectivity index (χ1) is 66.2.